The Balaban J connectivity index is 2.62. The standard InChI is InChI=1S/C14H27BN2O3/c1-12(2,18)7-8-17-10-11(9-16)15-19-13(3,4)14(5,6)20-15/h9-10,16-18H,7-8H2,1-6H3/b11-10+,16-9?. The number of allylic oxidation sites excluding steroid dienone is 1. The molecule has 0 radical (unpaired) electrons. The van der Waals surface area contributed by atoms with Gasteiger partial charge in [-0.2, -0.15) is 0 Å². The summed E-state index contributed by atoms with van der Waals surface area (Å²) in [5, 5.41) is 20.2. The van der Waals surface area contributed by atoms with Crippen LogP contribution in [0, 0.1) is 5.41 Å². The Bertz CT molecular complexity index is 370. The van der Waals surface area contributed by atoms with Crippen molar-refractivity contribution >= 4 is 13.3 Å². The molecule has 0 aliphatic carbocycles. The number of aliphatic hydroxyl groups is 1. The molecule has 1 heterocycles. The molecule has 0 aromatic carbocycles. The maximum absolute atomic E-state index is 9.63. The fourth-order valence-corrected chi connectivity index (χ4v) is 1.72. The van der Waals surface area contributed by atoms with Gasteiger partial charge in [0.15, 0.2) is 0 Å². The van der Waals surface area contributed by atoms with Crippen LogP contribution < -0.4 is 5.32 Å². The van der Waals surface area contributed by atoms with E-state index in [1.54, 1.807) is 20.0 Å². The van der Waals surface area contributed by atoms with Crippen LogP contribution in [0.1, 0.15) is 48.0 Å². The van der Waals surface area contributed by atoms with Crippen molar-refractivity contribution < 1.29 is 14.4 Å². The SMILES string of the molecule is CC(C)(O)CCN/C=C(\C=N)B1OC(C)(C)C(C)(C)O1. The van der Waals surface area contributed by atoms with E-state index >= 15 is 0 Å². The number of rotatable bonds is 6. The smallest absolute Gasteiger partial charge is 0.399 e. The van der Waals surface area contributed by atoms with E-state index < -0.39 is 23.9 Å². The maximum Gasteiger partial charge on any atom is 0.497 e. The Morgan fingerprint density at radius 1 is 1.25 bits per heavy atom. The zero-order chi connectivity index (χ0) is 15.6. The number of hydrogen-bond acceptors (Lipinski definition) is 5. The van der Waals surface area contributed by atoms with Crippen LogP contribution in [-0.2, 0) is 9.31 Å². The van der Waals surface area contributed by atoms with E-state index in [0.717, 1.165) is 0 Å². The highest BCUT2D eigenvalue weighted by atomic mass is 16.7. The first-order valence-electron chi connectivity index (χ1n) is 7.00. The zero-order valence-electron chi connectivity index (χ0n) is 13.4. The van der Waals surface area contributed by atoms with E-state index in [2.05, 4.69) is 5.32 Å². The average molecular weight is 282 g/mol. The molecule has 0 saturated carbocycles. The molecule has 0 spiro atoms. The van der Waals surface area contributed by atoms with E-state index in [1.807, 2.05) is 27.7 Å². The van der Waals surface area contributed by atoms with E-state index in [9.17, 15) is 5.11 Å². The summed E-state index contributed by atoms with van der Waals surface area (Å²) < 4.78 is 11.8. The molecule has 1 saturated heterocycles. The molecule has 1 aliphatic rings. The van der Waals surface area contributed by atoms with Crippen LogP contribution in [0.3, 0.4) is 0 Å². The first-order valence-corrected chi connectivity index (χ1v) is 7.00. The second kappa shape index (κ2) is 5.88. The predicted molar refractivity (Wildman–Crippen MR) is 81.9 cm³/mol. The molecule has 114 valence electrons. The number of nitrogens with one attached hydrogen (secondary N) is 2. The van der Waals surface area contributed by atoms with Crippen LogP contribution in [0.5, 0.6) is 0 Å². The summed E-state index contributed by atoms with van der Waals surface area (Å²) in [4.78, 5) is 0. The van der Waals surface area contributed by atoms with Crippen LogP contribution in [0.15, 0.2) is 11.7 Å². The van der Waals surface area contributed by atoms with Crippen LogP contribution >= 0.6 is 0 Å². The Hall–Kier alpha value is -0.845. The summed E-state index contributed by atoms with van der Waals surface area (Å²) in [5.74, 6) is 0. The van der Waals surface area contributed by atoms with Crippen molar-refractivity contribution in [3.63, 3.8) is 0 Å². The quantitative estimate of drug-likeness (QED) is 0.395. The van der Waals surface area contributed by atoms with Crippen LogP contribution in [0.2, 0.25) is 0 Å². The van der Waals surface area contributed by atoms with Crippen molar-refractivity contribution in [2.45, 2.75) is 64.8 Å². The first kappa shape index (κ1) is 17.2. The maximum atomic E-state index is 9.63. The summed E-state index contributed by atoms with van der Waals surface area (Å²) in [7, 11) is -0.535. The topological polar surface area (TPSA) is 74.6 Å². The van der Waals surface area contributed by atoms with Gasteiger partial charge in [-0.25, -0.2) is 0 Å². The molecule has 0 unspecified atom stereocenters. The molecule has 0 amide bonds. The summed E-state index contributed by atoms with van der Waals surface area (Å²) >= 11 is 0. The summed E-state index contributed by atoms with van der Waals surface area (Å²) in [5.41, 5.74) is -0.880. The highest BCUT2D eigenvalue weighted by molar-refractivity contribution is 6.60. The zero-order valence-corrected chi connectivity index (χ0v) is 13.4. The fourth-order valence-electron chi connectivity index (χ4n) is 1.72. The highest BCUT2D eigenvalue weighted by Crippen LogP contribution is 2.38. The third kappa shape index (κ3) is 4.33. The van der Waals surface area contributed by atoms with E-state index in [4.69, 9.17) is 14.7 Å². The van der Waals surface area contributed by atoms with Gasteiger partial charge in [0.2, 0.25) is 0 Å². The fraction of sp³-hybridized carbons (Fsp3) is 0.786. The van der Waals surface area contributed by atoms with E-state index in [-0.39, 0.29) is 0 Å². The summed E-state index contributed by atoms with van der Waals surface area (Å²) in [6, 6.07) is 0. The van der Waals surface area contributed by atoms with Gasteiger partial charge in [0, 0.05) is 18.2 Å². The Kier molecular flexibility index (Phi) is 5.06. The Morgan fingerprint density at radius 2 is 1.75 bits per heavy atom. The molecule has 0 aromatic rings. The van der Waals surface area contributed by atoms with Crippen molar-refractivity contribution in [2.75, 3.05) is 6.54 Å². The molecule has 1 aliphatic heterocycles. The average Bonchev–Trinajstić information content (AvgIpc) is 2.46. The molecule has 0 bridgehead atoms. The lowest BCUT2D eigenvalue weighted by atomic mass is 9.79. The van der Waals surface area contributed by atoms with E-state index in [0.29, 0.717) is 18.4 Å². The molecule has 3 N–H and O–H groups in total. The molecule has 0 atom stereocenters. The Labute approximate surface area is 122 Å². The lowest BCUT2D eigenvalue weighted by molar-refractivity contribution is 0.00578. The molecular formula is C14H27BN2O3. The minimum Gasteiger partial charge on any atom is -0.399 e. The second-order valence-corrected chi connectivity index (χ2v) is 6.89. The van der Waals surface area contributed by atoms with Gasteiger partial charge < -0.3 is 25.1 Å². The van der Waals surface area contributed by atoms with Crippen molar-refractivity contribution in [2.24, 2.45) is 0 Å². The highest BCUT2D eigenvalue weighted by Gasteiger charge is 2.52. The third-order valence-corrected chi connectivity index (χ3v) is 3.84. The molecule has 5 nitrogen and oxygen atoms in total. The number of hydrogen-bond donors (Lipinski definition) is 3. The lowest BCUT2D eigenvalue weighted by Crippen LogP contribution is -2.41. The van der Waals surface area contributed by atoms with Gasteiger partial charge in [-0.05, 0) is 54.2 Å². The Morgan fingerprint density at radius 3 is 2.15 bits per heavy atom. The summed E-state index contributed by atoms with van der Waals surface area (Å²) in [6.45, 7) is 12.1. The molecule has 1 fully saturated rings. The van der Waals surface area contributed by atoms with Crippen LogP contribution in [0.25, 0.3) is 0 Å². The van der Waals surface area contributed by atoms with E-state index in [1.165, 1.54) is 6.21 Å². The molecular weight excluding hydrogens is 255 g/mol. The van der Waals surface area contributed by atoms with Gasteiger partial charge in [-0.3, -0.25) is 0 Å². The van der Waals surface area contributed by atoms with Gasteiger partial charge in [-0.1, -0.05) is 0 Å². The van der Waals surface area contributed by atoms with Crippen molar-refractivity contribution in [3.8, 4) is 0 Å². The van der Waals surface area contributed by atoms with Gasteiger partial charge in [0.05, 0.1) is 16.8 Å². The van der Waals surface area contributed by atoms with Gasteiger partial charge >= 0.3 is 7.12 Å². The molecule has 20 heavy (non-hydrogen) atoms. The monoisotopic (exact) mass is 282 g/mol. The molecule has 6 heteroatoms. The van der Waals surface area contributed by atoms with Gasteiger partial charge in [0.1, 0.15) is 0 Å². The first-order chi connectivity index (χ1) is 8.98. The minimum absolute atomic E-state index is 0.410. The largest absolute Gasteiger partial charge is 0.497 e. The molecule has 1 rings (SSSR count). The van der Waals surface area contributed by atoms with Crippen LogP contribution in [0.4, 0.5) is 0 Å². The summed E-state index contributed by atoms with van der Waals surface area (Å²) in [6.07, 6.45) is 3.58. The van der Waals surface area contributed by atoms with Gasteiger partial charge in [-0.15, -0.1) is 0 Å². The van der Waals surface area contributed by atoms with Crippen molar-refractivity contribution in [3.05, 3.63) is 11.7 Å². The van der Waals surface area contributed by atoms with Crippen molar-refractivity contribution in [1.82, 2.24) is 5.32 Å². The lowest BCUT2D eigenvalue weighted by Gasteiger charge is -2.32. The predicted octanol–water partition coefficient (Wildman–Crippen LogP) is 1.90. The second-order valence-electron chi connectivity index (χ2n) is 6.89. The normalized spacial score (nSPS) is 21.9. The third-order valence-electron chi connectivity index (χ3n) is 3.84. The molecule has 0 aromatic heterocycles. The van der Waals surface area contributed by atoms with Gasteiger partial charge in [0.25, 0.3) is 0 Å². The minimum atomic E-state index is -0.698. The van der Waals surface area contributed by atoms with Crippen LogP contribution in [-0.4, -0.2) is 41.8 Å². The van der Waals surface area contributed by atoms with Crippen molar-refractivity contribution in [1.29, 1.82) is 5.41 Å².